The van der Waals surface area contributed by atoms with E-state index in [-0.39, 0.29) is 5.82 Å². The molecule has 0 spiro atoms. The van der Waals surface area contributed by atoms with Crippen molar-refractivity contribution in [3.63, 3.8) is 0 Å². The van der Waals surface area contributed by atoms with E-state index in [0.29, 0.717) is 22.6 Å². The zero-order valence-corrected chi connectivity index (χ0v) is 14.8. The Labute approximate surface area is 150 Å². The van der Waals surface area contributed by atoms with E-state index in [1.165, 1.54) is 12.1 Å². The average Bonchev–Trinajstić information content (AvgIpc) is 3.13. The van der Waals surface area contributed by atoms with Gasteiger partial charge in [-0.2, -0.15) is 15.2 Å². The van der Waals surface area contributed by atoms with E-state index in [9.17, 15) is 4.39 Å². The van der Waals surface area contributed by atoms with E-state index in [1.54, 1.807) is 28.0 Å². The zero-order valence-electron chi connectivity index (χ0n) is 13.2. The van der Waals surface area contributed by atoms with Crippen LogP contribution in [0.4, 0.5) is 16.0 Å². The number of rotatable bonds is 4. The number of hydrogen-bond acceptors (Lipinski definition) is 5. The summed E-state index contributed by atoms with van der Waals surface area (Å²) in [5.41, 5.74) is 2.25. The van der Waals surface area contributed by atoms with Gasteiger partial charge >= 0.3 is 0 Å². The molecule has 9 heteroatoms. The molecule has 0 aliphatic rings. The average molecular weight is 402 g/mol. The number of aromatic nitrogens is 6. The van der Waals surface area contributed by atoms with Crippen molar-refractivity contribution in [2.45, 2.75) is 6.54 Å². The molecule has 0 aliphatic carbocycles. The van der Waals surface area contributed by atoms with Gasteiger partial charge in [0.05, 0.1) is 30.0 Å². The SMILES string of the molecule is Cn1cc(Nc2ncc3cnn(Cc4cc(F)cc(Br)c4)c3n2)cn1. The van der Waals surface area contributed by atoms with Crippen molar-refractivity contribution < 1.29 is 4.39 Å². The molecule has 0 fully saturated rings. The number of anilines is 2. The summed E-state index contributed by atoms with van der Waals surface area (Å²) in [6.07, 6.45) is 6.91. The molecule has 0 radical (unpaired) electrons. The third kappa shape index (κ3) is 3.36. The molecular weight excluding hydrogens is 389 g/mol. The van der Waals surface area contributed by atoms with Crippen molar-refractivity contribution in [3.8, 4) is 0 Å². The summed E-state index contributed by atoms with van der Waals surface area (Å²) in [6, 6.07) is 4.75. The molecule has 25 heavy (non-hydrogen) atoms. The first-order valence-corrected chi connectivity index (χ1v) is 8.25. The largest absolute Gasteiger partial charge is 0.321 e. The highest BCUT2D eigenvalue weighted by molar-refractivity contribution is 9.10. The van der Waals surface area contributed by atoms with E-state index in [2.05, 4.69) is 41.4 Å². The third-order valence-corrected chi connectivity index (χ3v) is 4.05. The molecule has 3 aromatic heterocycles. The van der Waals surface area contributed by atoms with Gasteiger partial charge in [-0.25, -0.2) is 14.1 Å². The molecule has 126 valence electrons. The molecule has 0 saturated carbocycles. The van der Waals surface area contributed by atoms with Gasteiger partial charge in [-0.05, 0) is 23.8 Å². The number of aryl methyl sites for hydroxylation is 1. The molecule has 4 aromatic rings. The fraction of sp³-hybridized carbons (Fsp3) is 0.125. The molecule has 7 nitrogen and oxygen atoms in total. The highest BCUT2D eigenvalue weighted by Crippen LogP contribution is 2.19. The van der Waals surface area contributed by atoms with E-state index < -0.39 is 0 Å². The van der Waals surface area contributed by atoms with E-state index >= 15 is 0 Å². The van der Waals surface area contributed by atoms with Crippen molar-refractivity contribution in [1.82, 2.24) is 29.5 Å². The van der Waals surface area contributed by atoms with Crippen LogP contribution in [-0.2, 0) is 13.6 Å². The summed E-state index contributed by atoms with van der Waals surface area (Å²) < 4.78 is 17.7. The summed E-state index contributed by atoms with van der Waals surface area (Å²) in [7, 11) is 1.83. The van der Waals surface area contributed by atoms with Crippen LogP contribution in [0, 0.1) is 5.82 Å². The van der Waals surface area contributed by atoms with Gasteiger partial charge in [0.2, 0.25) is 5.95 Å². The van der Waals surface area contributed by atoms with Crippen LogP contribution in [0.1, 0.15) is 5.56 Å². The van der Waals surface area contributed by atoms with Crippen molar-refractivity contribution >= 4 is 38.6 Å². The Balaban J connectivity index is 1.66. The lowest BCUT2D eigenvalue weighted by Crippen LogP contribution is -2.04. The van der Waals surface area contributed by atoms with Crippen molar-refractivity contribution in [2.24, 2.45) is 7.05 Å². The van der Waals surface area contributed by atoms with Crippen molar-refractivity contribution in [2.75, 3.05) is 5.32 Å². The second kappa shape index (κ2) is 6.25. The van der Waals surface area contributed by atoms with Gasteiger partial charge in [0.1, 0.15) is 5.82 Å². The normalized spacial score (nSPS) is 11.2. The lowest BCUT2D eigenvalue weighted by molar-refractivity contribution is 0.619. The molecule has 0 bridgehead atoms. The van der Waals surface area contributed by atoms with Gasteiger partial charge in [-0.1, -0.05) is 15.9 Å². The standard InChI is InChI=1S/C16H13BrFN7/c1-24-9-14(7-20-24)22-16-19-5-11-6-21-25(15(11)23-16)8-10-2-12(17)4-13(18)3-10/h2-7,9H,8H2,1H3,(H,19,22,23). The van der Waals surface area contributed by atoms with Crippen LogP contribution in [-0.4, -0.2) is 29.5 Å². The van der Waals surface area contributed by atoms with Crippen molar-refractivity contribution in [3.05, 3.63) is 58.8 Å². The number of halogens is 2. The summed E-state index contributed by atoms with van der Waals surface area (Å²) in [5.74, 6) is 0.150. The number of benzene rings is 1. The Hall–Kier alpha value is -2.81. The molecule has 0 aliphatic heterocycles. The van der Waals surface area contributed by atoms with Crippen molar-refractivity contribution in [1.29, 1.82) is 0 Å². The number of hydrogen-bond donors (Lipinski definition) is 1. The third-order valence-electron chi connectivity index (χ3n) is 3.59. The second-order valence-corrected chi connectivity index (χ2v) is 6.50. The maximum absolute atomic E-state index is 13.6. The lowest BCUT2D eigenvalue weighted by atomic mass is 10.2. The molecule has 3 heterocycles. The topological polar surface area (TPSA) is 73.5 Å². The minimum absolute atomic E-state index is 0.297. The summed E-state index contributed by atoms with van der Waals surface area (Å²) in [5, 5.41) is 12.3. The first-order valence-electron chi connectivity index (χ1n) is 7.46. The van der Waals surface area contributed by atoms with Crippen LogP contribution < -0.4 is 5.32 Å². The summed E-state index contributed by atoms with van der Waals surface area (Å²) in [4.78, 5) is 8.80. The Kier molecular flexibility index (Phi) is 3.92. The minimum Gasteiger partial charge on any atom is -0.321 e. The second-order valence-electron chi connectivity index (χ2n) is 5.58. The fourth-order valence-corrected chi connectivity index (χ4v) is 3.05. The maximum atomic E-state index is 13.6. The van der Waals surface area contributed by atoms with Gasteiger partial charge in [-0.15, -0.1) is 0 Å². The summed E-state index contributed by atoms with van der Waals surface area (Å²) in [6.45, 7) is 0.406. The molecule has 1 aromatic carbocycles. The van der Waals surface area contributed by atoms with Gasteiger partial charge in [0.25, 0.3) is 0 Å². The van der Waals surface area contributed by atoms with E-state index in [4.69, 9.17) is 0 Å². The lowest BCUT2D eigenvalue weighted by Gasteiger charge is -2.06. The van der Waals surface area contributed by atoms with Gasteiger partial charge < -0.3 is 5.32 Å². The van der Waals surface area contributed by atoms with E-state index in [1.807, 2.05) is 19.3 Å². The first kappa shape index (κ1) is 15.7. The highest BCUT2D eigenvalue weighted by Gasteiger charge is 2.09. The predicted octanol–water partition coefficient (Wildman–Crippen LogP) is 3.25. The van der Waals surface area contributed by atoms with Gasteiger partial charge in [0, 0.05) is 23.9 Å². The van der Waals surface area contributed by atoms with Crippen LogP contribution >= 0.6 is 15.9 Å². The van der Waals surface area contributed by atoms with Crippen LogP contribution in [0.25, 0.3) is 11.0 Å². The Morgan fingerprint density at radius 2 is 2.04 bits per heavy atom. The zero-order chi connectivity index (χ0) is 17.4. The highest BCUT2D eigenvalue weighted by atomic mass is 79.9. The smallest absolute Gasteiger partial charge is 0.229 e. The van der Waals surface area contributed by atoms with Crippen LogP contribution in [0.15, 0.2) is 47.5 Å². The molecule has 0 amide bonds. The maximum Gasteiger partial charge on any atom is 0.229 e. The number of fused-ring (bicyclic) bond motifs is 1. The molecular formula is C16H13BrFN7. The molecule has 0 saturated heterocycles. The molecule has 1 N–H and O–H groups in total. The van der Waals surface area contributed by atoms with Gasteiger partial charge in [-0.3, -0.25) is 4.68 Å². The van der Waals surface area contributed by atoms with Crippen LogP contribution in [0.2, 0.25) is 0 Å². The van der Waals surface area contributed by atoms with Gasteiger partial charge in [0.15, 0.2) is 5.65 Å². The first-order chi connectivity index (χ1) is 12.1. The number of nitrogens with one attached hydrogen (secondary N) is 1. The fourth-order valence-electron chi connectivity index (χ4n) is 2.53. The van der Waals surface area contributed by atoms with Crippen LogP contribution in [0.5, 0.6) is 0 Å². The quantitative estimate of drug-likeness (QED) is 0.568. The summed E-state index contributed by atoms with van der Waals surface area (Å²) >= 11 is 3.30. The minimum atomic E-state index is -0.297. The Morgan fingerprint density at radius 1 is 1.16 bits per heavy atom. The number of nitrogens with zero attached hydrogens (tertiary/aromatic N) is 6. The monoisotopic (exact) mass is 401 g/mol. The Morgan fingerprint density at radius 3 is 2.80 bits per heavy atom. The molecule has 4 rings (SSSR count). The van der Waals surface area contributed by atoms with E-state index in [0.717, 1.165) is 16.6 Å². The Bertz CT molecular complexity index is 1040. The molecule has 0 unspecified atom stereocenters. The predicted molar refractivity (Wildman–Crippen MR) is 95.0 cm³/mol. The molecule has 0 atom stereocenters. The van der Waals surface area contributed by atoms with Crippen LogP contribution in [0.3, 0.4) is 0 Å².